The van der Waals surface area contributed by atoms with Crippen LogP contribution in [0.4, 0.5) is 5.69 Å². The highest BCUT2D eigenvalue weighted by atomic mass is 32.2. The molecule has 1 aliphatic heterocycles. The van der Waals surface area contributed by atoms with Gasteiger partial charge in [-0.1, -0.05) is 12.1 Å². The van der Waals surface area contributed by atoms with Crippen LogP contribution in [0, 0.1) is 13.8 Å². The van der Waals surface area contributed by atoms with E-state index in [1.807, 2.05) is 0 Å². The van der Waals surface area contributed by atoms with Gasteiger partial charge in [-0.15, -0.1) is 0 Å². The van der Waals surface area contributed by atoms with Crippen LogP contribution in [-0.2, 0) is 10.0 Å². The third-order valence-electron chi connectivity index (χ3n) is 5.27. The van der Waals surface area contributed by atoms with Crippen molar-refractivity contribution in [3.05, 3.63) is 59.8 Å². The first kappa shape index (κ1) is 18.7. The van der Waals surface area contributed by atoms with E-state index >= 15 is 0 Å². The smallest absolute Gasteiger partial charge is 0.243 e. The lowest BCUT2D eigenvalue weighted by atomic mass is 10.1. The molecule has 0 spiro atoms. The van der Waals surface area contributed by atoms with Crippen molar-refractivity contribution in [3.63, 3.8) is 0 Å². The zero-order valence-electron chi connectivity index (χ0n) is 16.0. The summed E-state index contributed by atoms with van der Waals surface area (Å²) < 4.78 is 28.1. The normalized spacial score (nSPS) is 15.9. The number of aromatic hydroxyl groups is 1. The van der Waals surface area contributed by atoms with Crippen LogP contribution in [0.3, 0.4) is 0 Å². The van der Waals surface area contributed by atoms with E-state index < -0.39 is 10.0 Å². The van der Waals surface area contributed by atoms with Gasteiger partial charge in [0.1, 0.15) is 11.3 Å². The summed E-state index contributed by atoms with van der Waals surface area (Å²) in [4.78, 5) is 6.56. The van der Waals surface area contributed by atoms with Gasteiger partial charge in [0.05, 0.1) is 4.90 Å². The third kappa shape index (κ3) is 3.21. The van der Waals surface area contributed by atoms with Gasteiger partial charge in [0.2, 0.25) is 10.0 Å². The number of sulfonamides is 1. The second-order valence-electron chi connectivity index (χ2n) is 7.16. The van der Waals surface area contributed by atoms with Crippen molar-refractivity contribution in [1.29, 1.82) is 0 Å². The van der Waals surface area contributed by atoms with E-state index in [1.165, 1.54) is 27.6 Å². The van der Waals surface area contributed by atoms with Crippen molar-refractivity contribution in [2.75, 3.05) is 31.1 Å². The minimum absolute atomic E-state index is 0.0192. The minimum Gasteiger partial charge on any atom is -0.506 e. The van der Waals surface area contributed by atoms with E-state index in [9.17, 15) is 13.5 Å². The SMILES string of the molecule is Cc1ccc(C)c(N2CCN(S(=O)(=O)c3ccc(O)c4ncccc34)CC2)c1. The Balaban J connectivity index is 1.61. The number of hydrogen-bond acceptors (Lipinski definition) is 5. The van der Waals surface area contributed by atoms with Gasteiger partial charge in [0, 0.05) is 43.4 Å². The molecule has 1 N–H and O–H groups in total. The number of anilines is 1. The first-order chi connectivity index (χ1) is 13.4. The Morgan fingerprint density at radius 1 is 1.00 bits per heavy atom. The van der Waals surface area contributed by atoms with E-state index in [4.69, 9.17) is 0 Å². The van der Waals surface area contributed by atoms with Crippen LogP contribution in [-0.4, -0.2) is 49.0 Å². The molecule has 7 heteroatoms. The summed E-state index contributed by atoms with van der Waals surface area (Å²) in [6.45, 7) is 6.24. The molecule has 0 aliphatic carbocycles. The van der Waals surface area contributed by atoms with Crippen molar-refractivity contribution in [1.82, 2.24) is 9.29 Å². The molecule has 2 aromatic carbocycles. The molecular weight excluding hydrogens is 374 g/mol. The lowest BCUT2D eigenvalue weighted by Crippen LogP contribution is -2.48. The average Bonchev–Trinajstić information content (AvgIpc) is 2.70. The lowest BCUT2D eigenvalue weighted by molar-refractivity contribution is 0.385. The highest BCUT2D eigenvalue weighted by Crippen LogP contribution is 2.31. The number of piperazine rings is 1. The highest BCUT2D eigenvalue weighted by molar-refractivity contribution is 7.89. The summed E-state index contributed by atoms with van der Waals surface area (Å²) in [6.07, 6.45) is 1.54. The molecule has 1 fully saturated rings. The second kappa shape index (κ2) is 7.07. The van der Waals surface area contributed by atoms with E-state index in [1.54, 1.807) is 18.3 Å². The summed E-state index contributed by atoms with van der Waals surface area (Å²) in [5.74, 6) is -0.0192. The van der Waals surface area contributed by atoms with E-state index in [0.717, 1.165) is 5.69 Å². The zero-order valence-corrected chi connectivity index (χ0v) is 16.8. The molecule has 0 saturated carbocycles. The van der Waals surface area contributed by atoms with Gasteiger partial charge in [-0.3, -0.25) is 4.98 Å². The maximum absolute atomic E-state index is 13.3. The Labute approximate surface area is 165 Å². The maximum atomic E-state index is 13.3. The van der Waals surface area contributed by atoms with Crippen LogP contribution in [0.25, 0.3) is 10.9 Å². The molecule has 6 nitrogen and oxygen atoms in total. The van der Waals surface area contributed by atoms with Gasteiger partial charge in [0.15, 0.2) is 0 Å². The molecule has 0 radical (unpaired) electrons. The van der Waals surface area contributed by atoms with Crippen LogP contribution in [0.2, 0.25) is 0 Å². The Hall–Kier alpha value is -2.64. The number of fused-ring (bicyclic) bond motifs is 1. The minimum atomic E-state index is -3.67. The van der Waals surface area contributed by atoms with Crippen molar-refractivity contribution in [3.8, 4) is 5.75 Å². The summed E-state index contributed by atoms with van der Waals surface area (Å²) in [5.41, 5.74) is 3.85. The molecule has 4 rings (SSSR count). The first-order valence-corrected chi connectivity index (χ1v) is 10.7. The number of pyridine rings is 1. The Morgan fingerprint density at radius 3 is 2.50 bits per heavy atom. The fourth-order valence-corrected chi connectivity index (χ4v) is 5.33. The van der Waals surface area contributed by atoms with Gasteiger partial charge in [-0.2, -0.15) is 4.31 Å². The molecule has 2 heterocycles. The number of rotatable bonds is 3. The summed E-state index contributed by atoms with van der Waals surface area (Å²) in [6, 6.07) is 12.6. The van der Waals surface area contributed by atoms with Crippen LogP contribution in [0.1, 0.15) is 11.1 Å². The predicted octanol–water partition coefficient (Wildman–Crippen LogP) is 3.07. The quantitative estimate of drug-likeness (QED) is 0.735. The number of hydrogen-bond donors (Lipinski definition) is 1. The van der Waals surface area contributed by atoms with Crippen LogP contribution in [0.15, 0.2) is 53.6 Å². The topological polar surface area (TPSA) is 73.7 Å². The second-order valence-corrected chi connectivity index (χ2v) is 9.07. The summed E-state index contributed by atoms with van der Waals surface area (Å²) >= 11 is 0. The number of benzene rings is 2. The third-order valence-corrected chi connectivity index (χ3v) is 7.23. The molecule has 28 heavy (non-hydrogen) atoms. The highest BCUT2D eigenvalue weighted by Gasteiger charge is 2.30. The monoisotopic (exact) mass is 397 g/mol. The average molecular weight is 398 g/mol. The van der Waals surface area contributed by atoms with Crippen molar-refractivity contribution in [2.24, 2.45) is 0 Å². The molecule has 1 saturated heterocycles. The van der Waals surface area contributed by atoms with Crippen LogP contribution >= 0.6 is 0 Å². The Morgan fingerprint density at radius 2 is 1.75 bits per heavy atom. The number of nitrogens with zero attached hydrogens (tertiary/aromatic N) is 3. The van der Waals surface area contributed by atoms with Gasteiger partial charge in [0.25, 0.3) is 0 Å². The molecule has 1 aliphatic rings. The fourth-order valence-electron chi connectivity index (χ4n) is 3.73. The van der Waals surface area contributed by atoms with Crippen molar-refractivity contribution >= 4 is 26.6 Å². The molecule has 3 aromatic rings. The van der Waals surface area contributed by atoms with E-state index in [-0.39, 0.29) is 10.6 Å². The standard InChI is InChI=1S/C21H23N3O3S/c1-15-5-6-16(2)18(14-15)23-10-12-24(13-11-23)28(26,27)20-8-7-19(25)21-17(20)4-3-9-22-21/h3-9,14,25H,10-13H2,1-2H3. The number of aryl methyl sites for hydroxylation is 2. The van der Waals surface area contributed by atoms with Gasteiger partial charge in [-0.25, -0.2) is 8.42 Å². The van der Waals surface area contributed by atoms with Gasteiger partial charge < -0.3 is 10.0 Å². The van der Waals surface area contributed by atoms with Crippen LogP contribution < -0.4 is 4.90 Å². The number of phenolic OH excluding ortho intramolecular Hbond substituents is 1. The summed E-state index contributed by atoms with van der Waals surface area (Å²) in [5, 5.41) is 10.4. The number of aromatic nitrogens is 1. The molecule has 1 aromatic heterocycles. The van der Waals surface area contributed by atoms with E-state index in [2.05, 4.69) is 41.9 Å². The van der Waals surface area contributed by atoms with Crippen molar-refractivity contribution in [2.45, 2.75) is 18.7 Å². The molecule has 0 atom stereocenters. The lowest BCUT2D eigenvalue weighted by Gasteiger charge is -2.36. The molecular formula is C21H23N3O3S. The maximum Gasteiger partial charge on any atom is 0.243 e. The molecule has 0 amide bonds. The van der Waals surface area contributed by atoms with Crippen molar-refractivity contribution < 1.29 is 13.5 Å². The summed E-state index contributed by atoms with van der Waals surface area (Å²) in [7, 11) is -3.67. The van der Waals surface area contributed by atoms with Crippen LogP contribution in [0.5, 0.6) is 5.75 Å². The molecule has 146 valence electrons. The molecule has 0 unspecified atom stereocenters. The Bertz CT molecular complexity index is 1140. The van der Waals surface area contributed by atoms with E-state index in [0.29, 0.717) is 37.1 Å². The Kier molecular flexibility index (Phi) is 4.72. The fraction of sp³-hybridized carbons (Fsp3) is 0.286. The predicted molar refractivity (Wildman–Crippen MR) is 110 cm³/mol. The van der Waals surface area contributed by atoms with Gasteiger partial charge in [-0.05, 0) is 55.3 Å². The largest absolute Gasteiger partial charge is 0.506 e. The molecule has 0 bridgehead atoms. The zero-order chi connectivity index (χ0) is 19.9. The first-order valence-electron chi connectivity index (χ1n) is 9.27. The number of phenols is 1. The van der Waals surface area contributed by atoms with Gasteiger partial charge >= 0.3 is 0 Å².